The molecule has 0 spiro atoms. The van der Waals surface area contributed by atoms with Crippen LogP contribution in [0.1, 0.15) is 30.4 Å². The van der Waals surface area contributed by atoms with E-state index in [9.17, 15) is 4.79 Å². The van der Waals surface area contributed by atoms with Crippen LogP contribution in [0, 0.1) is 6.92 Å². The first-order chi connectivity index (χ1) is 15.1. The molecule has 0 aliphatic carbocycles. The van der Waals surface area contributed by atoms with Gasteiger partial charge < -0.3 is 14.2 Å². The average molecular weight is 419 g/mol. The van der Waals surface area contributed by atoms with Crippen LogP contribution in [-0.4, -0.2) is 44.3 Å². The molecule has 1 atom stereocenters. The largest absolute Gasteiger partial charge is 0.383 e. The summed E-state index contributed by atoms with van der Waals surface area (Å²) >= 11 is 0. The Kier molecular flexibility index (Phi) is 4.94. The third kappa shape index (κ3) is 3.18. The lowest BCUT2D eigenvalue weighted by Crippen LogP contribution is -2.33. The molecule has 0 N–H and O–H groups in total. The minimum atomic E-state index is -0.0394. The molecule has 1 saturated heterocycles. The van der Waals surface area contributed by atoms with Gasteiger partial charge in [-0.3, -0.25) is 9.36 Å². The summed E-state index contributed by atoms with van der Waals surface area (Å²) in [5.41, 5.74) is 3.78. The summed E-state index contributed by atoms with van der Waals surface area (Å²) in [6, 6.07) is 9.58. The van der Waals surface area contributed by atoms with Crippen LogP contribution in [0.15, 0.2) is 41.5 Å². The second-order valence-electron chi connectivity index (χ2n) is 8.06. The van der Waals surface area contributed by atoms with E-state index in [1.165, 1.54) is 0 Å². The molecule has 4 aromatic rings. The van der Waals surface area contributed by atoms with Crippen molar-refractivity contribution < 1.29 is 4.74 Å². The van der Waals surface area contributed by atoms with Crippen molar-refractivity contribution in [2.75, 3.05) is 25.2 Å². The molecular weight excluding hydrogens is 392 g/mol. The molecule has 3 aromatic heterocycles. The van der Waals surface area contributed by atoms with Crippen molar-refractivity contribution >= 4 is 27.8 Å². The number of aryl methyl sites for hydroxylation is 2. The standard InChI is InChI=1S/C23H26N6O2/c1-15-13-18-20(27(15)2)22(25-14-24-18)28-10-6-9-19(28)21-26-17-8-5-4-7-16(17)23(30)29(21)11-12-31-3/h4-5,7-8,13-14,19H,6,9-12H2,1-3H3. The van der Waals surface area contributed by atoms with Crippen molar-refractivity contribution in [2.24, 2.45) is 7.05 Å². The number of nitrogens with zero attached hydrogens (tertiary/aromatic N) is 6. The Bertz CT molecular complexity index is 1330. The Morgan fingerprint density at radius 1 is 1.19 bits per heavy atom. The number of anilines is 1. The van der Waals surface area contributed by atoms with Crippen molar-refractivity contribution in [2.45, 2.75) is 32.4 Å². The molecule has 0 amide bonds. The van der Waals surface area contributed by atoms with Crippen molar-refractivity contribution in [1.29, 1.82) is 0 Å². The molecule has 0 radical (unpaired) electrons. The summed E-state index contributed by atoms with van der Waals surface area (Å²) in [4.78, 5) is 29.7. The monoisotopic (exact) mass is 418 g/mol. The van der Waals surface area contributed by atoms with Crippen LogP contribution in [0.4, 0.5) is 5.82 Å². The van der Waals surface area contributed by atoms with Crippen molar-refractivity contribution in [3.8, 4) is 0 Å². The SMILES string of the molecule is COCCn1c(C2CCCN2c2ncnc3cc(C)n(C)c23)nc2ccccc2c1=O. The Morgan fingerprint density at radius 2 is 2.03 bits per heavy atom. The minimum absolute atomic E-state index is 0.0213. The summed E-state index contributed by atoms with van der Waals surface area (Å²) in [6.45, 7) is 3.85. The maximum Gasteiger partial charge on any atom is 0.261 e. The first-order valence-electron chi connectivity index (χ1n) is 10.6. The highest BCUT2D eigenvalue weighted by Crippen LogP contribution is 2.37. The van der Waals surface area contributed by atoms with Crippen LogP contribution in [-0.2, 0) is 18.3 Å². The molecule has 1 fully saturated rings. The van der Waals surface area contributed by atoms with E-state index >= 15 is 0 Å². The molecule has 1 aliphatic heterocycles. The number of hydrogen-bond donors (Lipinski definition) is 0. The Hall–Kier alpha value is -3.26. The highest BCUT2D eigenvalue weighted by molar-refractivity contribution is 5.88. The Morgan fingerprint density at radius 3 is 2.87 bits per heavy atom. The normalized spacial score (nSPS) is 16.6. The zero-order valence-corrected chi connectivity index (χ0v) is 18.1. The molecule has 160 valence electrons. The second kappa shape index (κ2) is 7.77. The van der Waals surface area contributed by atoms with E-state index in [4.69, 9.17) is 9.72 Å². The molecule has 5 rings (SSSR count). The molecule has 31 heavy (non-hydrogen) atoms. The second-order valence-corrected chi connectivity index (χ2v) is 8.06. The molecule has 8 nitrogen and oxygen atoms in total. The number of rotatable bonds is 5. The number of para-hydroxylation sites is 1. The number of benzene rings is 1. The van der Waals surface area contributed by atoms with Gasteiger partial charge in [0.1, 0.15) is 17.7 Å². The number of methoxy groups -OCH3 is 1. The summed E-state index contributed by atoms with van der Waals surface area (Å²) < 4.78 is 9.21. The Balaban J connectivity index is 1.69. The fraction of sp³-hybridized carbons (Fsp3) is 0.391. The van der Waals surface area contributed by atoms with Crippen LogP contribution in [0.5, 0.6) is 0 Å². The highest BCUT2D eigenvalue weighted by atomic mass is 16.5. The molecular formula is C23H26N6O2. The van der Waals surface area contributed by atoms with Gasteiger partial charge in [-0.25, -0.2) is 15.0 Å². The lowest BCUT2D eigenvalue weighted by atomic mass is 10.1. The quantitative estimate of drug-likeness (QED) is 0.496. The number of fused-ring (bicyclic) bond motifs is 2. The number of ether oxygens (including phenoxy) is 1. The van der Waals surface area contributed by atoms with Crippen LogP contribution in [0.3, 0.4) is 0 Å². The summed E-state index contributed by atoms with van der Waals surface area (Å²) in [5.74, 6) is 1.67. The van der Waals surface area contributed by atoms with Crippen LogP contribution < -0.4 is 10.5 Å². The lowest BCUT2D eigenvalue weighted by Gasteiger charge is -2.28. The molecule has 4 heterocycles. The highest BCUT2D eigenvalue weighted by Gasteiger charge is 2.33. The third-order valence-corrected chi connectivity index (χ3v) is 6.27. The fourth-order valence-electron chi connectivity index (χ4n) is 4.62. The van der Waals surface area contributed by atoms with Crippen LogP contribution in [0.2, 0.25) is 0 Å². The maximum atomic E-state index is 13.3. The molecule has 0 bridgehead atoms. The molecule has 1 aromatic carbocycles. The maximum absolute atomic E-state index is 13.3. The zero-order chi connectivity index (χ0) is 21.5. The van der Waals surface area contributed by atoms with E-state index in [1.54, 1.807) is 18.0 Å². The predicted octanol–water partition coefficient (Wildman–Crippen LogP) is 2.97. The van der Waals surface area contributed by atoms with Gasteiger partial charge in [0.2, 0.25) is 0 Å². The first-order valence-corrected chi connectivity index (χ1v) is 10.6. The van der Waals surface area contributed by atoms with Gasteiger partial charge in [0.05, 0.1) is 35.6 Å². The first kappa shape index (κ1) is 19.7. The van der Waals surface area contributed by atoms with Gasteiger partial charge >= 0.3 is 0 Å². The zero-order valence-electron chi connectivity index (χ0n) is 18.1. The fourth-order valence-corrected chi connectivity index (χ4v) is 4.62. The lowest BCUT2D eigenvalue weighted by molar-refractivity contribution is 0.184. The molecule has 0 saturated carbocycles. The molecule has 1 aliphatic rings. The van der Waals surface area contributed by atoms with Gasteiger partial charge in [0.15, 0.2) is 5.82 Å². The Labute approximate surface area is 180 Å². The van der Waals surface area contributed by atoms with Crippen molar-refractivity contribution in [1.82, 2.24) is 24.1 Å². The van der Waals surface area contributed by atoms with E-state index in [2.05, 4.69) is 32.4 Å². The van der Waals surface area contributed by atoms with E-state index < -0.39 is 0 Å². The van der Waals surface area contributed by atoms with Gasteiger partial charge in [-0.2, -0.15) is 0 Å². The van der Waals surface area contributed by atoms with Gasteiger partial charge in [-0.15, -0.1) is 0 Å². The summed E-state index contributed by atoms with van der Waals surface area (Å²) in [6.07, 6.45) is 3.54. The summed E-state index contributed by atoms with van der Waals surface area (Å²) in [7, 11) is 3.69. The molecule has 8 heteroatoms. The van der Waals surface area contributed by atoms with Crippen molar-refractivity contribution in [3.63, 3.8) is 0 Å². The van der Waals surface area contributed by atoms with Crippen LogP contribution >= 0.6 is 0 Å². The van der Waals surface area contributed by atoms with E-state index in [0.29, 0.717) is 18.5 Å². The third-order valence-electron chi connectivity index (χ3n) is 6.27. The topological polar surface area (TPSA) is 78.1 Å². The van der Waals surface area contributed by atoms with Gasteiger partial charge in [0.25, 0.3) is 5.56 Å². The smallest absolute Gasteiger partial charge is 0.261 e. The number of hydrogen-bond acceptors (Lipinski definition) is 6. The number of aromatic nitrogens is 5. The van der Waals surface area contributed by atoms with Crippen molar-refractivity contribution in [3.05, 3.63) is 58.5 Å². The van der Waals surface area contributed by atoms with Gasteiger partial charge in [-0.05, 0) is 38.0 Å². The summed E-state index contributed by atoms with van der Waals surface area (Å²) in [5, 5.41) is 0.634. The minimum Gasteiger partial charge on any atom is -0.383 e. The predicted molar refractivity (Wildman–Crippen MR) is 120 cm³/mol. The average Bonchev–Trinajstić information content (AvgIpc) is 3.38. The molecule has 1 unspecified atom stereocenters. The van der Waals surface area contributed by atoms with Crippen LogP contribution in [0.25, 0.3) is 21.9 Å². The van der Waals surface area contributed by atoms with Gasteiger partial charge in [-0.1, -0.05) is 12.1 Å². The van der Waals surface area contributed by atoms with Gasteiger partial charge in [0, 0.05) is 26.4 Å². The van der Waals surface area contributed by atoms with E-state index in [1.807, 2.05) is 31.3 Å². The van der Waals surface area contributed by atoms with E-state index in [0.717, 1.165) is 53.3 Å². The van der Waals surface area contributed by atoms with E-state index in [-0.39, 0.29) is 11.6 Å².